The smallest absolute Gasteiger partial charge is 0.366 e. The van der Waals surface area contributed by atoms with Gasteiger partial charge in [0.1, 0.15) is 5.82 Å². The van der Waals surface area contributed by atoms with Crippen LogP contribution in [0.15, 0.2) is 12.1 Å². The second-order valence-electron chi connectivity index (χ2n) is 2.85. The highest BCUT2D eigenvalue weighted by Gasteiger charge is 2.35. The fourth-order valence-corrected chi connectivity index (χ4v) is 1.09. The molecule has 0 unspecified atom stereocenters. The third kappa shape index (κ3) is 2.11. The van der Waals surface area contributed by atoms with Crippen molar-refractivity contribution < 1.29 is 22.4 Å². The molecule has 16 heavy (non-hydrogen) atoms. The third-order valence-electron chi connectivity index (χ3n) is 1.80. The van der Waals surface area contributed by atoms with E-state index in [9.17, 15) is 22.4 Å². The van der Waals surface area contributed by atoms with Crippen molar-refractivity contribution in [1.29, 1.82) is 5.26 Å². The van der Waals surface area contributed by atoms with Crippen LogP contribution in [0.3, 0.4) is 0 Å². The van der Waals surface area contributed by atoms with E-state index in [1.165, 1.54) is 6.07 Å². The number of primary amides is 1. The highest BCUT2D eigenvalue weighted by Crippen LogP contribution is 2.32. The number of nitrogens with zero attached hydrogens (tertiary/aromatic N) is 1. The van der Waals surface area contributed by atoms with Crippen molar-refractivity contribution in [3.63, 3.8) is 0 Å². The van der Waals surface area contributed by atoms with Gasteiger partial charge in [0.15, 0.2) is 0 Å². The molecule has 0 spiro atoms. The molecule has 0 bridgehead atoms. The minimum absolute atomic E-state index is 0.259. The first kappa shape index (κ1) is 12.0. The monoisotopic (exact) mass is 232 g/mol. The molecule has 0 aliphatic rings. The molecule has 0 radical (unpaired) electrons. The van der Waals surface area contributed by atoms with Gasteiger partial charge in [-0.2, -0.15) is 18.4 Å². The van der Waals surface area contributed by atoms with Crippen molar-refractivity contribution in [3.8, 4) is 6.07 Å². The zero-order valence-electron chi connectivity index (χ0n) is 7.60. The zero-order chi connectivity index (χ0) is 12.5. The van der Waals surface area contributed by atoms with Crippen LogP contribution in [0, 0.1) is 17.1 Å². The fraction of sp³-hybridized carbons (Fsp3) is 0.111. The van der Waals surface area contributed by atoms with Gasteiger partial charge in [0.05, 0.1) is 22.8 Å². The van der Waals surface area contributed by atoms with Crippen LogP contribution in [-0.4, -0.2) is 5.91 Å². The molecule has 0 aliphatic heterocycles. The second kappa shape index (κ2) is 3.81. The van der Waals surface area contributed by atoms with Crippen LogP contribution in [-0.2, 0) is 6.18 Å². The van der Waals surface area contributed by atoms with Gasteiger partial charge in [-0.05, 0) is 12.1 Å². The molecule has 0 atom stereocenters. The van der Waals surface area contributed by atoms with Crippen molar-refractivity contribution in [3.05, 3.63) is 34.6 Å². The molecular weight excluding hydrogens is 228 g/mol. The predicted molar refractivity (Wildman–Crippen MR) is 44.6 cm³/mol. The van der Waals surface area contributed by atoms with Crippen molar-refractivity contribution in [1.82, 2.24) is 0 Å². The lowest BCUT2D eigenvalue weighted by Gasteiger charge is -2.09. The van der Waals surface area contributed by atoms with Crippen molar-refractivity contribution in [2.45, 2.75) is 6.18 Å². The van der Waals surface area contributed by atoms with Gasteiger partial charge in [0.25, 0.3) is 0 Å². The average Bonchev–Trinajstić information content (AvgIpc) is 2.15. The quantitative estimate of drug-likeness (QED) is 0.750. The molecule has 7 heteroatoms. The summed E-state index contributed by atoms with van der Waals surface area (Å²) in [5, 5.41) is 8.50. The fourth-order valence-electron chi connectivity index (χ4n) is 1.09. The van der Waals surface area contributed by atoms with Gasteiger partial charge < -0.3 is 5.73 Å². The highest BCUT2D eigenvalue weighted by molar-refractivity contribution is 5.95. The SMILES string of the molecule is N#Cc1cc(C(F)(F)F)c(F)cc1C(N)=O. The maximum atomic E-state index is 13.0. The molecular formula is C9H4F4N2O. The van der Waals surface area contributed by atoms with Crippen LogP contribution in [0.25, 0.3) is 0 Å². The first-order chi connectivity index (χ1) is 7.27. The lowest BCUT2D eigenvalue weighted by molar-refractivity contribution is -0.140. The molecule has 84 valence electrons. The Morgan fingerprint density at radius 3 is 2.31 bits per heavy atom. The number of hydrogen-bond acceptors (Lipinski definition) is 2. The summed E-state index contributed by atoms with van der Waals surface area (Å²) in [6, 6.07) is 1.92. The summed E-state index contributed by atoms with van der Waals surface area (Å²) >= 11 is 0. The Labute approximate surface area is 87.1 Å². The number of amides is 1. The normalized spacial score (nSPS) is 10.9. The van der Waals surface area contributed by atoms with Crippen LogP contribution in [0.2, 0.25) is 0 Å². The lowest BCUT2D eigenvalue weighted by atomic mass is 10.0. The largest absolute Gasteiger partial charge is 0.419 e. The standard InChI is InChI=1S/C9H4F4N2O/c10-7-2-5(8(15)16)4(3-14)1-6(7)9(11,12)13/h1-2H,(H2,15,16). The van der Waals surface area contributed by atoms with Crippen molar-refractivity contribution in [2.75, 3.05) is 0 Å². The van der Waals surface area contributed by atoms with Gasteiger partial charge >= 0.3 is 6.18 Å². The van der Waals surface area contributed by atoms with E-state index in [2.05, 4.69) is 0 Å². The first-order valence-corrected chi connectivity index (χ1v) is 3.88. The zero-order valence-corrected chi connectivity index (χ0v) is 7.60. The number of nitriles is 1. The van der Waals surface area contributed by atoms with Crippen molar-refractivity contribution in [2.24, 2.45) is 5.73 Å². The number of halogens is 4. The van der Waals surface area contributed by atoms with E-state index >= 15 is 0 Å². The van der Waals surface area contributed by atoms with E-state index in [0.29, 0.717) is 6.07 Å². The maximum Gasteiger partial charge on any atom is 0.419 e. The van der Waals surface area contributed by atoms with Gasteiger partial charge in [0, 0.05) is 0 Å². The summed E-state index contributed by atoms with van der Waals surface area (Å²) in [5.74, 6) is -2.80. The molecule has 1 amide bonds. The molecule has 1 rings (SSSR count). The Balaban J connectivity index is 3.51. The van der Waals surface area contributed by atoms with Gasteiger partial charge in [-0.25, -0.2) is 4.39 Å². The van der Waals surface area contributed by atoms with Crippen molar-refractivity contribution >= 4 is 5.91 Å². The van der Waals surface area contributed by atoms with Gasteiger partial charge in [-0.1, -0.05) is 0 Å². The molecule has 0 saturated heterocycles. The van der Waals surface area contributed by atoms with Gasteiger partial charge in [-0.15, -0.1) is 0 Å². The van der Waals surface area contributed by atoms with E-state index in [0.717, 1.165) is 0 Å². The van der Waals surface area contributed by atoms with E-state index in [1.807, 2.05) is 0 Å². The summed E-state index contributed by atoms with van der Waals surface area (Å²) in [6.45, 7) is 0. The molecule has 3 nitrogen and oxygen atoms in total. The van der Waals surface area contributed by atoms with Crippen LogP contribution < -0.4 is 5.73 Å². The molecule has 1 aromatic rings. The Hall–Kier alpha value is -2.10. The Morgan fingerprint density at radius 1 is 1.38 bits per heavy atom. The number of hydrogen-bond donors (Lipinski definition) is 1. The average molecular weight is 232 g/mol. The van der Waals surface area contributed by atoms with E-state index < -0.39 is 34.6 Å². The van der Waals surface area contributed by atoms with E-state index in [4.69, 9.17) is 11.0 Å². The molecule has 1 aromatic carbocycles. The van der Waals surface area contributed by atoms with Crippen LogP contribution in [0.5, 0.6) is 0 Å². The number of carbonyl (C=O) groups is 1. The number of nitrogens with two attached hydrogens (primary N) is 1. The summed E-state index contributed by atoms with van der Waals surface area (Å²) in [7, 11) is 0. The second-order valence-corrected chi connectivity index (χ2v) is 2.85. The molecule has 2 N–H and O–H groups in total. The van der Waals surface area contributed by atoms with E-state index in [-0.39, 0.29) is 6.07 Å². The minimum Gasteiger partial charge on any atom is -0.366 e. The van der Waals surface area contributed by atoms with Crippen LogP contribution in [0.1, 0.15) is 21.5 Å². The number of alkyl halides is 3. The number of rotatable bonds is 1. The maximum absolute atomic E-state index is 13.0. The van der Waals surface area contributed by atoms with Gasteiger partial charge in [0.2, 0.25) is 5.91 Å². The van der Waals surface area contributed by atoms with Crippen LogP contribution in [0.4, 0.5) is 17.6 Å². The molecule has 0 heterocycles. The topological polar surface area (TPSA) is 66.9 Å². The Kier molecular flexibility index (Phi) is 2.85. The Morgan fingerprint density at radius 2 is 1.94 bits per heavy atom. The first-order valence-electron chi connectivity index (χ1n) is 3.88. The summed E-state index contributed by atoms with van der Waals surface area (Å²) in [6.07, 6.45) is -4.92. The molecule has 0 saturated carbocycles. The Bertz CT molecular complexity index is 488. The minimum atomic E-state index is -4.92. The lowest BCUT2D eigenvalue weighted by Crippen LogP contribution is -2.16. The van der Waals surface area contributed by atoms with E-state index in [1.54, 1.807) is 0 Å². The number of benzene rings is 1. The summed E-state index contributed by atoms with van der Waals surface area (Å²) < 4.78 is 49.7. The molecule has 0 aliphatic carbocycles. The third-order valence-corrected chi connectivity index (χ3v) is 1.80. The highest BCUT2D eigenvalue weighted by atomic mass is 19.4. The summed E-state index contributed by atoms with van der Waals surface area (Å²) in [4.78, 5) is 10.7. The van der Waals surface area contributed by atoms with Crippen LogP contribution >= 0.6 is 0 Å². The number of carbonyl (C=O) groups excluding carboxylic acids is 1. The molecule has 0 fully saturated rings. The molecule has 0 aromatic heterocycles. The summed E-state index contributed by atoms with van der Waals surface area (Å²) in [5.41, 5.74) is 1.99. The van der Waals surface area contributed by atoms with Gasteiger partial charge in [-0.3, -0.25) is 4.79 Å². The predicted octanol–water partition coefficient (Wildman–Crippen LogP) is 1.82.